The molecule has 0 radical (unpaired) electrons. The predicted octanol–water partition coefficient (Wildman–Crippen LogP) is 3.04. The first-order chi connectivity index (χ1) is 15.2. The number of non-ortho nitro benzene ring substituents is 1. The number of aromatic nitrogens is 2. The molecule has 0 aliphatic rings. The van der Waals surface area contributed by atoms with Gasteiger partial charge in [-0.15, -0.1) is 0 Å². The molecule has 0 aliphatic heterocycles. The number of halogens is 1. The Labute approximate surface area is 186 Å². The molecule has 1 N–H and O–H groups in total. The molecule has 32 heavy (non-hydrogen) atoms. The lowest BCUT2D eigenvalue weighted by atomic mass is 10.2. The van der Waals surface area contributed by atoms with Crippen molar-refractivity contribution in [3.63, 3.8) is 0 Å². The normalized spacial score (nSPS) is 11.4. The molecule has 0 fully saturated rings. The first-order valence-corrected chi connectivity index (χ1v) is 9.70. The Bertz CT molecular complexity index is 1230. The number of ether oxygens (including phenoxy) is 1. The molecule has 3 aromatic rings. The summed E-state index contributed by atoms with van der Waals surface area (Å²) in [5, 5.41) is 17.2. The maximum Gasteiger partial charge on any atom is 0.359 e. The molecule has 1 heterocycles. The maximum absolute atomic E-state index is 12.4. The van der Waals surface area contributed by atoms with E-state index < -0.39 is 28.5 Å². The second-order valence-electron chi connectivity index (χ2n) is 6.66. The maximum atomic E-state index is 12.4. The van der Waals surface area contributed by atoms with Crippen LogP contribution in [0.4, 0.5) is 11.4 Å². The van der Waals surface area contributed by atoms with Gasteiger partial charge in [0.25, 0.3) is 17.2 Å². The molecule has 1 unspecified atom stereocenters. The Balaban J connectivity index is 1.67. The zero-order valence-electron chi connectivity index (χ0n) is 16.7. The number of nitrogens with one attached hydrogen (secondary N) is 1. The Morgan fingerprint density at radius 3 is 2.56 bits per heavy atom. The van der Waals surface area contributed by atoms with Gasteiger partial charge in [0.2, 0.25) is 0 Å². The van der Waals surface area contributed by atoms with Crippen molar-refractivity contribution in [1.29, 1.82) is 0 Å². The van der Waals surface area contributed by atoms with E-state index in [0.717, 1.165) is 16.3 Å². The van der Waals surface area contributed by atoms with Crippen LogP contribution >= 0.6 is 11.6 Å². The number of carbonyl (C=O) groups excluding carboxylic acids is 2. The van der Waals surface area contributed by atoms with Gasteiger partial charge in [-0.05, 0) is 24.6 Å². The lowest BCUT2D eigenvalue weighted by Gasteiger charge is -2.14. The van der Waals surface area contributed by atoms with E-state index in [2.05, 4.69) is 10.4 Å². The quantitative estimate of drug-likeness (QED) is 0.328. The van der Waals surface area contributed by atoms with Crippen molar-refractivity contribution in [1.82, 2.24) is 9.78 Å². The highest BCUT2D eigenvalue weighted by Gasteiger charge is 2.22. The topological polar surface area (TPSA) is 133 Å². The third kappa shape index (κ3) is 5.55. The third-order valence-corrected chi connectivity index (χ3v) is 4.64. The van der Waals surface area contributed by atoms with Gasteiger partial charge in [0.05, 0.1) is 22.2 Å². The molecule has 0 saturated heterocycles. The van der Waals surface area contributed by atoms with Crippen LogP contribution in [-0.4, -0.2) is 32.7 Å². The highest BCUT2D eigenvalue weighted by Crippen LogP contribution is 2.26. The van der Waals surface area contributed by atoms with Gasteiger partial charge < -0.3 is 10.1 Å². The molecule has 2 aromatic carbocycles. The number of benzene rings is 2. The minimum Gasteiger partial charge on any atom is -0.448 e. The van der Waals surface area contributed by atoms with Crippen molar-refractivity contribution in [2.75, 3.05) is 5.32 Å². The molecule has 0 aliphatic carbocycles. The van der Waals surface area contributed by atoms with Gasteiger partial charge in [0.1, 0.15) is 0 Å². The van der Waals surface area contributed by atoms with Crippen LogP contribution in [0, 0.1) is 10.1 Å². The monoisotopic (exact) mass is 456 g/mol. The number of anilines is 1. The van der Waals surface area contributed by atoms with Crippen LogP contribution in [0.25, 0.3) is 0 Å². The zero-order chi connectivity index (χ0) is 23.3. The van der Waals surface area contributed by atoms with Crippen molar-refractivity contribution >= 4 is 34.9 Å². The second-order valence-corrected chi connectivity index (χ2v) is 7.07. The lowest BCUT2D eigenvalue weighted by molar-refractivity contribution is -0.384. The van der Waals surface area contributed by atoms with E-state index in [1.807, 2.05) is 30.3 Å². The van der Waals surface area contributed by atoms with Crippen LogP contribution in [0.15, 0.2) is 65.5 Å². The highest BCUT2D eigenvalue weighted by molar-refractivity contribution is 6.34. The van der Waals surface area contributed by atoms with Gasteiger partial charge in [-0.2, -0.15) is 5.10 Å². The summed E-state index contributed by atoms with van der Waals surface area (Å²) in [6.45, 7) is 1.50. The fourth-order valence-electron chi connectivity index (χ4n) is 2.66. The molecule has 10 nitrogen and oxygen atoms in total. The van der Waals surface area contributed by atoms with E-state index in [-0.39, 0.29) is 28.6 Å². The van der Waals surface area contributed by atoms with E-state index in [0.29, 0.717) is 0 Å². The van der Waals surface area contributed by atoms with E-state index in [1.54, 1.807) is 0 Å². The Morgan fingerprint density at radius 2 is 1.91 bits per heavy atom. The first kappa shape index (κ1) is 22.6. The van der Waals surface area contributed by atoms with Crippen molar-refractivity contribution in [3.05, 3.63) is 97.4 Å². The molecular formula is C21H17ClN4O6. The largest absolute Gasteiger partial charge is 0.448 e. The lowest BCUT2D eigenvalue weighted by Crippen LogP contribution is -2.31. The molecule has 0 spiro atoms. The number of amides is 1. The summed E-state index contributed by atoms with van der Waals surface area (Å²) in [5.74, 6) is -1.60. The third-order valence-electron chi connectivity index (χ3n) is 4.33. The minimum atomic E-state index is -1.23. The number of nitrogens with zero attached hydrogens (tertiary/aromatic N) is 3. The van der Waals surface area contributed by atoms with Gasteiger partial charge >= 0.3 is 5.97 Å². The summed E-state index contributed by atoms with van der Waals surface area (Å²) >= 11 is 5.95. The first-order valence-electron chi connectivity index (χ1n) is 9.32. The van der Waals surface area contributed by atoms with Crippen LogP contribution in [0.1, 0.15) is 23.0 Å². The van der Waals surface area contributed by atoms with E-state index in [9.17, 15) is 24.5 Å². The van der Waals surface area contributed by atoms with Crippen LogP contribution in [0.5, 0.6) is 0 Å². The second kappa shape index (κ2) is 9.84. The number of rotatable bonds is 7. The summed E-state index contributed by atoms with van der Waals surface area (Å²) in [5.41, 5.74) is 0.168. The molecule has 164 valence electrons. The Morgan fingerprint density at radius 1 is 1.19 bits per heavy atom. The SMILES string of the molecule is CC(OC(=O)c1ccc(=O)n(Cc2ccccc2)n1)C(=O)Nc1ccc([N+](=O)[O-])cc1Cl. The van der Waals surface area contributed by atoms with Crippen molar-refractivity contribution in [2.24, 2.45) is 0 Å². The summed E-state index contributed by atoms with van der Waals surface area (Å²) < 4.78 is 6.26. The minimum absolute atomic E-state index is 0.0410. The summed E-state index contributed by atoms with van der Waals surface area (Å²) in [6, 6.07) is 15.0. The van der Waals surface area contributed by atoms with Gasteiger partial charge in [-0.1, -0.05) is 41.9 Å². The van der Waals surface area contributed by atoms with Crippen LogP contribution in [0.3, 0.4) is 0 Å². The number of hydrogen-bond acceptors (Lipinski definition) is 7. The van der Waals surface area contributed by atoms with E-state index >= 15 is 0 Å². The Hall–Kier alpha value is -4.05. The predicted molar refractivity (Wildman–Crippen MR) is 116 cm³/mol. The number of carbonyl (C=O) groups is 2. The molecule has 11 heteroatoms. The van der Waals surface area contributed by atoms with Crippen molar-refractivity contribution in [3.8, 4) is 0 Å². The fourth-order valence-corrected chi connectivity index (χ4v) is 2.88. The van der Waals surface area contributed by atoms with Crippen LogP contribution < -0.4 is 10.9 Å². The van der Waals surface area contributed by atoms with Gasteiger partial charge in [0.15, 0.2) is 11.8 Å². The molecular weight excluding hydrogens is 440 g/mol. The van der Waals surface area contributed by atoms with Gasteiger partial charge in [-0.3, -0.25) is 19.7 Å². The Kier molecular flexibility index (Phi) is 6.96. The summed E-state index contributed by atoms with van der Waals surface area (Å²) in [7, 11) is 0. The van der Waals surface area contributed by atoms with Crippen LogP contribution in [-0.2, 0) is 16.1 Å². The molecule has 1 atom stereocenters. The summed E-state index contributed by atoms with van der Waals surface area (Å²) in [4.78, 5) is 47.0. The van der Waals surface area contributed by atoms with Crippen LogP contribution in [0.2, 0.25) is 5.02 Å². The standard InChI is InChI=1S/C21H17ClN4O6/c1-13(20(28)23-17-8-7-15(26(30)31)11-16(17)22)32-21(29)18-9-10-19(27)25(24-18)12-14-5-3-2-4-6-14/h2-11,13H,12H2,1H3,(H,23,28). The number of nitro benzene ring substituents is 1. The average molecular weight is 457 g/mol. The molecule has 0 bridgehead atoms. The van der Waals surface area contributed by atoms with E-state index in [1.165, 1.54) is 31.2 Å². The number of hydrogen-bond donors (Lipinski definition) is 1. The van der Waals surface area contributed by atoms with Gasteiger partial charge in [0, 0.05) is 18.2 Å². The average Bonchev–Trinajstić information content (AvgIpc) is 2.77. The molecule has 1 amide bonds. The fraction of sp³-hybridized carbons (Fsp3) is 0.143. The smallest absolute Gasteiger partial charge is 0.359 e. The number of esters is 1. The van der Waals surface area contributed by atoms with Crippen molar-refractivity contribution in [2.45, 2.75) is 19.6 Å². The number of nitro groups is 1. The van der Waals surface area contributed by atoms with E-state index in [4.69, 9.17) is 16.3 Å². The van der Waals surface area contributed by atoms with Gasteiger partial charge in [-0.25, -0.2) is 9.48 Å². The summed E-state index contributed by atoms with van der Waals surface area (Å²) in [6.07, 6.45) is -1.23. The molecule has 1 aromatic heterocycles. The molecule has 3 rings (SSSR count). The van der Waals surface area contributed by atoms with Crippen molar-refractivity contribution < 1.29 is 19.2 Å². The molecule has 0 saturated carbocycles. The zero-order valence-corrected chi connectivity index (χ0v) is 17.5. The highest BCUT2D eigenvalue weighted by atomic mass is 35.5.